The molecular formula is C16H14Cl2O2. The van der Waals surface area contributed by atoms with E-state index in [-0.39, 0.29) is 5.78 Å². The van der Waals surface area contributed by atoms with Gasteiger partial charge in [0.15, 0.2) is 5.78 Å². The zero-order valence-corrected chi connectivity index (χ0v) is 12.8. The SMILES string of the molecule is CC(=O)c1ccc(OCc2cc(Cl)ccc2Cl)c(C)c1. The van der Waals surface area contributed by atoms with E-state index in [1.165, 1.54) is 0 Å². The third-order valence-electron chi connectivity index (χ3n) is 2.97. The summed E-state index contributed by atoms with van der Waals surface area (Å²) in [5.41, 5.74) is 2.42. The van der Waals surface area contributed by atoms with Gasteiger partial charge in [-0.3, -0.25) is 4.79 Å². The summed E-state index contributed by atoms with van der Waals surface area (Å²) in [7, 11) is 0. The summed E-state index contributed by atoms with van der Waals surface area (Å²) in [5, 5.41) is 1.24. The van der Waals surface area contributed by atoms with Crippen molar-refractivity contribution in [3.8, 4) is 5.75 Å². The van der Waals surface area contributed by atoms with Gasteiger partial charge in [0.25, 0.3) is 0 Å². The molecule has 0 radical (unpaired) electrons. The first-order valence-electron chi connectivity index (χ1n) is 6.15. The van der Waals surface area contributed by atoms with Crippen molar-refractivity contribution in [2.24, 2.45) is 0 Å². The van der Waals surface area contributed by atoms with Crippen molar-refractivity contribution in [1.82, 2.24) is 0 Å². The quantitative estimate of drug-likeness (QED) is 0.736. The zero-order chi connectivity index (χ0) is 14.7. The number of carbonyl (C=O) groups is 1. The molecule has 2 aromatic rings. The normalized spacial score (nSPS) is 10.4. The minimum Gasteiger partial charge on any atom is -0.489 e. The van der Waals surface area contributed by atoms with Gasteiger partial charge in [0.2, 0.25) is 0 Å². The molecule has 2 aromatic carbocycles. The molecule has 0 saturated carbocycles. The van der Waals surface area contributed by atoms with Crippen LogP contribution in [0.2, 0.25) is 10.0 Å². The summed E-state index contributed by atoms with van der Waals surface area (Å²) in [6.07, 6.45) is 0. The van der Waals surface area contributed by atoms with Crippen molar-refractivity contribution in [3.63, 3.8) is 0 Å². The lowest BCUT2D eigenvalue weighted by molar-refractivity contribution is 0.101. The van der Waals surface area contributed by atoms with Crippen LogP contribution in [0.1, 0.15) is 28.4 Å². The summed E-state index contributed by atoms with van der Waals surface area (Å²) < 4.78 is 5.74. The highest BCUT2D eigenvalue weighted by atomic mass is 35.5. The molecule has 2 nitrogen and oxygen atoms in total. The first-order chi connectivity index (χ1) is 9.47. The van der Waals surface area contributed by atoms with Crippen LogP contribution in [0.4, 0.5) is 0 Å². The van der Waals surface area contributed by atoms with Gasteiger partial charge in [0, 0.05) is 21.2 Å². The van der Waals surface area contributed by atoms with Gasteiger partial charge in [0.1, 0.15) is 12.4 Å². The summed E-state index contributed by atoms with van der Waals surface area (Å²) in [5.74, 6) is 0.767. The summed E-state index contributed by atoms with van der Waals surface area (Å²) in [6.45, 7) is 3.78. The van der Waals surface area contributed by atoms with Crippen molar-refractivity contribution in [1.29, 1.82) is 0 Å². The molecule has 0 heterocycles. The second-order valence-corrected chi connectivity index (χ2v) is 5.40. The molecule has 4 heteroatoms. The van der Waals surface area contributed by atoms with Crippen molar-refractivity contribution in [2.45, 2.75) is 20.5 Å². The van der Waals surface area contributed by atoms with E-state index in [1.807, 2.05) is 13.0 Å². The first-order valence-corrected chi connectivity index (χ1v) is 6.91. The third kappa shape index (κ3) is 3.53. The van der Waals surface area contributed by atoms with E-state index in [1.54, 1.807) is 37.3 Å². The number of benzene rings is 2. The molecule has 0 N–H and O–H groups in total. The molecule has 0 bridgehead atoms. The fraction of sp³-hybridized carbons (Fsp3) is 0.188. The Labute approximate surface area is 128 Å². The first kappa shape index (κ1) is 14.9. The number of hydrogen-bond acceptors (Lipinski definition) is 2. The second kappa shape index (κ2) is 6.29. The van der Waals surface area contributed by atoms with Crippen LogP contribution in [0.25, 0.3) is 0 Å². The van der Waals surface area contributed by atoms with Gasteiger partial charge in [-0.05, 0) is 55.8 Å². The van der Waals surface area contributed by atoms with E-state index < -0.39 is 0 Å². The van der Waals surface area contributed by atoms with Gasteiger partial charge < -0.3 is 4.74 Å². The fourth-order valence-electron chi connectivity index (χ4n) is 1.84. The average Bonchev–Trinajstić information content (AvgIpc) is 2.40. The number of Topliss-reactive ketones (excluding diaryl/α,β-unsaturated/α-hetero) is 1. The molecule has 2 rings (SSSR count). The monoisotopic (exact) mass is 308 g/mol. The Morgan fingerprint density at radius 2 is 1.90 bits per heavy atom. The Hall–Kier alpha value is -1.51. The molecule has 0 saturated heterocycles. The Balaban J connectivity index is 2.15. The molecule has 0 amide bonds. The Morgan fingerprint density at radius 3 is 2.55 bits per heavy atom. The van der Waals surface area contributed by atoms with Crippen molar-refractivity contribution >= 4 is 29.0 Å². The average molecular weight is 309 g/mol. The van der Waals surface area contributed by atoms with Crippen LogP contribution in [0, 0.1) is 6.92 Å². The Bertz CT molecular complexity index is 651. The number of ether oxygens (including phenoxy) is 1. The van der Waals surface area contributed by atoms with Crippen LogP contribution in [0.15, 0.2) is 36.4 Å². The summed E-state index contributed by atoms with van der Waals surface area (Å²) in [6, 6.07) is 10.6. The number of ketones is 1. The summed E-state index contributed by atoms with van der Waals surface area (Å²) in [4.78, 5) is 11.3. The number of hydrogen-bond donors (Lipinski definition) is 0. The molecule has 0 fully saturated rings. The number of halogens is 2. The van der Waals surface area contributed by atoms with Crippen LogP contribution in [0.3, 0.4) is 0 Å². The van der Waals surface area contributed by atoms with Gasteiger partial charge in [0.05, 0.1) is 0 Å². The van der Waals surface area contributed by atoms with E-state index >= 15 is 0 Å². The van der Waals surface area contributed by atoms with Gasteiger partial charge in [-0.15, -0.1) is 0 Å². The van der Waals surface area contributed by atoms with E-state index in [4.69, 9.17) is 27.9 Å². The predicted molar refractivity (Wildman–Crippen MR) is 82.0 cm³/mol. The van der Waals surface area contributed by atoms with Gasteiger partial charge in [-0.2, -0.15) is 0 Å². The van der Waals surface area contributed by atoms with E-state index in [2.05, 4.69) is 0 Å². The molecule has 104 valence electrons. The van der Waals surface area contributed by atoms with E-state index in [0.29, 0.717) is 22.2 Å². The van der Waals surface area contributed by atoms with Crippen molar-refractivity contribution < 1.29 is 9.53 Å². The van der Waals surface area contributed by atoms with Crippen LogP contribution in [-0.2, 0) is 6.61 Å². The van der Waals surface area contributed by atoms with Gasteiger partial charge in [-0.1, -0.05) is 23.2 Å². The number of aryl methyl sites for hydroxylation is 1. The standard InChI is InChI=1S/C16H14Cl2O2/c1-10-7-12(11(2)19)3-6-16(10)20-9-13-8-14(17)4-5-15(13)18/h3-8H,9H2,1-2H3. The van der Waals surface area contributed by atoms with Crippen molar-refractivity contribution in [3.05, 3.63) is 63.1 Å². The lowest BCUT2D eigenvalue weighted by Crippen LogP contribution is -1.99. The number of rotatable bonds is 4. The largest absolute Gasteiger partial charge is 0.489 e. The highest BCUT2D eigenvalue weighted by Gasteiger charge is 2.07. The highest BCUT2D eigenvalue weighted by Crippen LogP contribution is 2.24. The molecule has 0 aliphatic rings. The van der Waals surface area contributed by atoms with Gasteiger partial charge >= 0.3 is 0 Å². The van der Waals surface area contributed by atoms with E-state index in [9.17, 15) is 4.79 Å². The Kier molecular flexibility index (Phi) is 4.69. The molecule has 0 atom stereocenters. The lowest BCUT2D eigenvalue weighted by Gasteiger charge is -2.11. The molecule has 0 aliphatic carbocycles. The zero-order valence-electron chi connectivity index (χ0n) is 11.2. The third-order valence-corrected chi connectivity index (χ3v) is 3.58. The smallest absolute Gasteiger partial charge is 0.159 e. The highest BCUT2D eigenvalue weighted by molar-refractivity contribution is 6.33. The number of carbonyl (C=O) groups excluding carboxylic acids is 1. The van der Waals surface area contributed by atoms with Crippen molar-refractivity contribution in [2.75, 3.05) is 0 Å². The molecule has 0 spiro atoms. The van der Waals surface area contributed by atoms with Gasteiger partial charge in [-0.25, -0.2) is 0 Å². The van der Waals surface area contributed by atoms with E-state index in [0.717, 1.165) is 16.9 Å². The van der Waals surface area contributed by atoms with Crippen LogP contribution in [0.5, 0.6) is 5.75 Å². The van der Waals surface area contributed by atoms with Crippen LogP contribution < -0.4 is 4.74 Å². The second-order valence-electron chi connectivity index (χ2n) is 4.56. The molecular weight excluding hydrogens is 295 g/mol. The molecule has 0 aliphatic heterocycles. The lowest BCUT2D eigenvalue weighted by atomic mass is 10.1. The van der Waals surface area contributed by atoms with Crippen LogP contribution >= 0.6 is 23.2 Å². The molecule has 20 heavy (non-hydrogen) atoms. The van der Waals surface area contributed by atoms with Crippen LogP contribution in [-0.4, -0.2) is 5.78 Å². The Morgan fingerprint density at radius 1 is 1.15 bits per heavy atom. The maximum absolute atomic E-state index is 11.3. The minimum atomic E-state index is 0.0394. The fourth-order valence-corrected chi connectivity index (χ4v) is 2.21. The molecule has 0 aromatic heterocycles. The topological polar surface area (TPSA) is 26.3 Å². The molecule has 0 unspecified atom stereocenters. The minimum absolute atomic E-state index is 0.0394. The maximum Gasteiger partial charge on any atom is 0.159 e. The predicted octanol–water partition coefficient (Wildman–Crippen LogP) is 5.08. The summed E-state index contributed by atoms with van der Waals surface area (Å²) >= 11 is 12.0. The maximum atomic E-state index is 11.3.